The molecule has 0 atom stereocenters. The Bertz CT molecular complexity index is 1120. The van der Waals surface area contributed by atoms with Gasteiger partial charge in [0.15, 0.2) is 5.58 Å². The molecule has 1 aliphatic rings. The number of hydrogen-bond donors (Lipinski definition) is 0. The highest BCUT2D eigenvalue weighted by Crippen LogP contribution is 2.28. The van der Waals surface area contributed by atoms with Crippen LogP contribution in [0.1, 0.15) is 10.4 Å². The summed E-state index contributed by atoms with van der Waals surface area (Å²) in [5.41, 5.74) is -0.135. The zero-order valence-corrected chi connectivity index (χ0v) is 16.1. The summed E-state index contributed by atoms with van der Waals surface area (Å²) in [5.74, 6) is -0.730. The van der Waals surface area contributed by atoms with Crippen molar-refractivity contribution in [2.24, 2.45) is 0 Å². The summed E-state index contributed by atoms with van der Waals surface area (Å²) in [5, 5.41) is 1.06. The maximum Gasteiger partial charge on any atom is 0.349 e. The van der Waals surface area contributed by atoms with Crippen molar-refractivity contribution in [2.75, 3.05) is 31.1 Å². The Labute approximate surface area is 169 Å². The summed E-state index contributed by atoms with van der Waals surface area (Å²) in [6.45, 7) is 1.65. The topological polar surface area (TPSA) is 53.8 Å². The van der Waals surface area contributed by atoms with E-state index in [1.54, 1.807) is 29.2 Å². The van der Waals surface area contributed by atoms with E-state index in [0.29, 0.717) is 42.3 Å². The van der Waals surface area contributed by atoms with Gasteiger partial charge in [-0.1, -0.05) is 35.3 Å². The zero-order valence-electron chi connectivity index (χ0n) is 14.6. The largest absolute Gasteiger partial charge is 0.421 e. The van der Waals surface area contributed by atoms with Crippen LogP contribution in [0.2, 0.25) is 10.0 Å². The van der Waals surface area contributed by atoms with Gasteiger partial charge in [-0.05, 0) is 30.3 Å². The summed E-state index contributed by atoms with van der Waals surface area (Å²) >= 11 is 12.0. The molecule has 0 saturated carbocycles. The highest BCUT2D eigenvalue weighted by molar-refractivity contribution is 6.38. The molecular formula is C20H15Cl2FN2O3. The second-order valence-electron chi connectivity index (χ2n) is 6.48. The summed E-state index contributed by atoms with van der Waals surface area (Å²) in [6.07, 6.45) is 0. The first-order valence-electron chi connectivity index (χ1n) is 8.65. The highest BCUT2D eigenvalue weighted by Gasteiger charge is 2.26. The average Bonchev–Trinajstić information content (AvgIpc) is 2.68. The Balaban J connectivity index is 1.57. The first-order valence-corrected chi connectivity index (χ1v) is 9.41. The number of fused-ring (bicyclic) bond motifs is 1. The molecule has 1 saturated heterocycles. The van der Waals surface area contributed by atoms with Crippen LogP contribution in [0.3, 0.4) is 0 Å². The van der Waals surface area contributed by atoms with Gasteiger partial charge in [-0.15, -0.1) is 0 Å². The minimum Gasteiger partial charge on any atom is -0.421 e. The molecule has 0 unspecified atom stereocenters. The molecule has 2 heterocycles. The summed E-state index contributed by atoms with van der Waals surface area (Å²) < 4.78 is 19.2. The van der Waals surface area contributed by atoms with Crippen molar-refractivity contribution in [1.82, 2.24) is 4.90 Å². The van der Waals surface area contributed by atoms with E-state index < -0.39 is 11.5 Å². The lowest BCUT2D eigenvalue weighted by Gasteiger charge is -2.36. The van der Waals surface area contributed by atoms with Crippen LogP contribution in [0.15, 0.2) is 51.7 Å². The molecule has 2 aromatic carbocycles. The van der Waals surface area contributed by atoms with Crippen molar-refractivity contribution in [3.63, 3.8) is 0 Å². The second kappa shape index (κ2) is 7.45. The molecule has 1 amide bonds. The minimum atomic E-state index is -0.752. The molecule has 4 rings (SSSR count). The minimum absolute atomic E-state index is 0.0785. The molecule has 1 fully saturated rings. The standard InChI is InChI=1S/C20H15Cl2FN2O3/c21-13-9-12-10-14(20(27)28-18(12)15(22)11-13)19(26)25-7-5-24(6-8-25)17-4-2-1-3-16(17)23/h1-4,9-11H,5-8H2. The van der Waals surface area contributed by atoms with Gasteiger partial charge in [-0.2, -0.15) is 0 Å². The van der Waals surface area contributed by atoms with Crippen molar-refractivity contribution in [2.45, 2.75) is 0 Å². The lowest BCUT2D eigenvalue weighted by atomic mass is 10.1. The number of benzene rings is 2. The Morgan fingerprint density at radius 3 is 2.46 bits per heavy atom. The number of carbonyl (C=O) groups is 1. The number of rotatable bonds is 2. The predicted molar refractivity (Wildman–Crippen MR) is 107 cm³/mol. The molecule has 144 valence electrons. The van der Waals surface area contributed by atoms with E-state index in [-0.39, 0.29) is 22.0 Å². The molecule has 0 N–H and O–H groups in total. The van der Waals surface area contributed by atoms with Crippen LogP contribution in [0.25, 0.3) is 11.0 Å². The molecule has 8 heteroatoms. The fraction of sp³-hybridized carbons (Fsp3) is 0.200. The van der Waals surface area contributed by atoms with Gasteiger partial charge >= 0.3 is 5.63 Å². The molecule has 3 aromatic rings. The Hall–Kier alpha value is -2.57. The molecular weight excluding hydrogens is 406 g/mol. The molecule has 0 bridgehead atoms. The maximum absolute atomic E-state index is 14.0. The second-order valence-corrected chi connectivity index (χ2v) is 7.33. The third kappa shape index (κ3) is 3.45. The van der Waals surface area contributed by atoms with Gasteiger partial charge in [0.05, 0.1) is 10.7 Å². The fourth-order valence-electron chi connectivity index (χ4n) is 3.34. The maximum atomic E-state index is 14.0. The smallest absolute Gasteiger partial charge is 0.349 e. The number of halogens is 3. The number of anilines is 1. The van der Waals surface area contributed by atoms with Crippen LogP contribution in [0.5, 0.6) is 0 Å². The molecule has 0 spiro atoms. The van der Waals surface area contributed by atoms with E-state index in [2.05, 4.69) is 0 Å². The third-order valence-electron chi connectivity index (χ3n) is 4.74. The predicted octanol–water partition coefficient (Wildman–Crippen LogP) is 4.20. The van der Waals surface area contributed by atoms with Crippen LogP contribution >= 0.6 is 23.2 Å². The molecule has 1 aliphatic heterocycles. The normalized spacial score (nSPS) is 14.5. The number of amides is 1. The van der Waals surface area contributed by atoms with Crippen LogP contribution in [0.4, 0.5) is 10.1 Å². The average molecular weight is 421 g/mol. The van der Waals surface area contributed by atoms with Crippen LogP contribution in [-0.2, 0) is 0 Å². The Morgan fingerprint density at radius 2 is 1.75 bits per heavy atom. The molecule has 0 aliphatic carbocycles. The first-order chi connectivity index (χ1) is 13.4. The van der Waals surface area contributed by atoms with E-state index in [1.807, 2.05) is 4.90 Å². The van der Waals surface area contributed by atoms with Gasteiger partial charge in [0.1, 0.15) is 11.4 Å². The van der Waals surface area contributed by atoms with Gasteiger partial charge in [-0.25, -0.2) is 9.18 Å². The number of carbonyl (C=O) groups excluding carboxylic acids is 1. The van der Waals surface area contributed by atoms with Crippen molar-refractivity contribution in [3.05, 3.63) is 74.3 Å². The van der Waals surface area contributed by atoms with Gasteiger partial charge in [0.25, 0.3) is 5.91 Å². The summed E-state index contributed by atoms with van der Waals surface area (Å²) in [6, 6.07) is 11.0. The monoisotopic (exact) mass is 420 g/mol. The van der Waals surface area contributed by atoms with Gasteiger partial charge in [0, 0.05) is 36.6 Å². The Kier molecular flexibility index (Phi) is 5.00. The third-order valence-corrected chi connectivity index (χ3v) is 5.24. The lowest BCUT2D eigenvalue weighted by molar-refractivity contribution is 0.0742. The molecule has 5 nitrogen and oxygen atoms in total. The van der Waals surface area contributed by atoms with Crippen LogP contribution in [-0.4, -0.2) is 37.0 Å². The summed E-state index contributed by atoms with van der Waals surface area (Å²) in [7, 11) is 0. The fourth-order valence-corrected chi connectivity index (χ4v) is 3.88. The number of para-hydroxylation sites is 1. The SMILES string of the molecule is O=C(c1cc2cc(Cl)cc(Cl)c2oc1=O)N1CCN(c2ccccc2F)CC1. The molecule has 0 radical (unpaired) electrons. The van der Waals surface area contributed by atoms with E-state index in [1.165, 1.54) is 18.2 Å². The van der Waals surface area contributed by atoms with Gasteiger partial charge in [0.2, 0.25) is 0 Å². The van der Waals surface area contributed by atoms with Crippen molar-refractivity contribution in [3.8, 4) is 0 Å². The number of hydrogen-bond acceptors (Lipinski definition) is 4. The van der Waals surface area contributed by atoms with Crippen molar-refractivity contribution >= 4 is 45.8 Å². The lowest BCUT2D eigenvalue weighted by Crippen LogP contribution is -2.49. The van der Waals surface area contributed by atoms with Crippen LogP contribution in [0, 0.1) is 5.82 Å². The number of piperazine rings is 1. The molecule has 28 heavy (non-hydrogen) atoms. The highest BCUT2D eigenvalue weighted by atomic mass is 35.5. The van der Waals surface area contributed by atoms with E-state index in [0.717, 1.165) is 0 Å². The van der Waals surface area contributed by atoms with E-state index >= 15 is 0 Å². The van der Waals surface area contributed by atoms with Crippen LogP contribution < -0.4 is 10.5 Å². The zero-order chi connectivity index (χ0) is 19.8. The first kappa shape index (κ1) is 18.8. The van der Waals surface area contributed by atoms with Gasteiger partial charge < -0.3 is 14.2 Å². The van der Waals surface area contributed by atoms with E-state index in [4.69, 9.17) is 27.6 Å². The van der Waals surface area contributed by atoms with E-state index in [9.17, 15) is 14.0 Å². The quantitative estimate of drug-likeness (QED) is 0.582. The Morgan fingerprint density at radius 1 is 1.04 bits per heavy atom. The van der Waals surface area contributed by atoms with Gasteiger partial charge in [-0.3, -0.25) is 4.79 Å². The molecule has 1 aromatic heterocycles. The van der Waals surface area contributed by atoms with Crippen molar-refractivity contribution in [1.29, 1.82) is 0 Å². The number of nitrogens with zero attached hydrogens (tertiary/aromatic N) is 2. The summed E-state index contributed by atoms with van der Waals surface area (Å²) in [4.78, 5) is 28.6. The van der Waals surface area contributed by atoms with Crippen molar-refractivity contribution < 1.29 is 13.6 Å².